The summed E-state index contributed by atoms with van der Waals surface area (Å²) < 4.78 is 1.98. The summed E-state index contributed by atoms with van der Waals surface area (Å²) in [6.07, 6.45) is 1.97. The molecule has 0 saturated carbocycles. The quantitative estimate of drug-likeness (QED) is 0.148. The first kappa shape index (κ1) is 23.5. The van der Waals surface area contributed by atoms with Crippen LogP contribution in [0.4, 0.5) is 10.8 Å². The highest BCUT2D eigenvalue weighted by molar-refractivity contribution is 7.99. The lowest BCUT2D eigenvalue weighted by molar-refractivity contribution is -0.384. The fraction of sp³-hybridized carbons (Fsp3) is 0.0385. The minimum Gasteiger partial charge on any atom is -0.301 e. The molecular formula is C26H19N5O3S2. The Hall–Kier alpha value is -4.28. The second-order valence-electron chi connectivity index (χ2n) is 7.66. The van der Waals surface area contributed by atoms with Gasteiger partial charge in [0.2, 0.25) is 5.91 Å². The van der Waals surface area contributed by atoms with Crippen molar-refractivity contribution in [1.82, 2.24) is 14.5 Å². The number of imidazole rings is 1. The SMILES string of the molecule is O=C(CSc1nc(-c2ccccc2)cn1-c1ccccc1)Nc1nc(-c2ccc([N+](=O)[O-])cc2)cs1. The van der Waals surface area contributed by atoms with Crippen LogP contribution in [-0.2, 0) is 4.79 Å². The van der Waals surface area contributed by atoms with Crippen molar-refractivity contribution in [3.63, 3.8) is 0 Å². The molecule has 3 aromatic carbocycles. The molecule has 0 saturated heterocycles. The van der Waals surface area contributed by atoms with Gasteiger partial charge in [-0.15, -0.1) is 11.3 Å². The Labute approximate surface area is 214 Å². The molecule has 0 spiro atoms. The standard InChI is InChI=1S/C26H19N5O3S2/c32-24(29-25-27-23(16-35-25)19-11-13-21(14-12-19)31(33)34)17-36-26-28-22(18-7-3-1-4-8-18)15-30(26)20-9-5-2-6-10-20/h1-16H,17H2,(H,27,29,32). The van der Waals surface area contributed by atoms with Gasteiger partial charge in [0, 0.05) is 40.5 Å². The van der Waals surface area contributed by atoms with E-state index in [4.69, 9.17) is 4.98 Å². The first-order valence-electron chi connectivity index (χ1n) is 10.9. The summed E-state index contributed by atoms with van der Waals surface area (Å²) in [4.78, 5) is 32.3. The normalized spacial score (nSPS) is 10.8. The lowest BCUT2D eigenvalue weighted by Gasteiger charge is -2.07. The molecule has 36 heavy (non-hydrogen) atoms. The molecule has 10 heteroatoms. The lowest BCUT2D eigenvalue weighted by Crippen LogP contribution is -2.14. The van der Waals surface area contributed by atoms with Crippen LogP contribution in [0.5, 0.6) is 0 Å². The third-order valence-electron chi connectivity index (χ3n) is 5.23. The average Bonchev–Trinajstić information content (AvgIpc) is 3.56. The number of carbonyl (C=O) groups excluding carboxylic acids is 1. The predicted molar refractivity (Wildman–Crippen MR) is 143 cm³/mol. The van der Waals surface area contributed by atoms with E-state index in [1.807, 2.05) is 71.4 Å². The highest BCUT2D eigenvalue weighted by atomic mass is 32.2. The van der Waals surface area contributed by atoms with Crippen LogP contribution in [0.1, 0.15) is 0 Å². The molecular weight excluding hydrogens is 494 g/mol. The zero-order valence-electron chi connectivity index (χ0n) is 18.8. The second-order valence-corrected chi connectivity index (χ2v) is 9.46. The zero-order valence-corrected chi connectivity index (χ0v) is 20.4. The Kier molecular flexibility index (Phi) is 6.87. The van der Waals surface area contributed by atoms with Crippen LogP contribution >= 0.6 is 23.1 Å². The molecule has 2 heterocycles. The maximum atomic E-state index is 12.7. The van der Waals surface area contributed by atoms with Gasteiger partial charge in [-0.3, -0.25) is 19.5 Å². The number of hydrogen-bond donors (Lipinski definition) is 1. The number of amides is 1. The number of nitrogens with one attached hydrogen (secondary N) is 1. The Morgan fingerprint density at radius 2 is 1.58 bits per heavy atom. The molecule has 5 aromatic rings. The van der Waals surface area contributed by atoms with Crippen LogP contribution in [0.3, 0.4) is 0 Å². The molecule has 0 bridgehead atoms. The number of nitrogens with zero attached hydrogens (tertiary/aromatic N) is 4. The summed E-state index contributed by atoms with van der Waals surface area (Å²) in [6.45, 7) is 0. The van der Waals surface area contributed by atoms with Gasteiger partial charge < -0.3 is 5.32 Å². The molecule has 0 unspecified atom stereocenters. The highest BCUT2D eigenvalue weighted by Crippen LogP contribution is 2.29. The van der Waals surface area contributed by atoms with E-state index in [0.29, 0.717) is 16.0 Å². The Morgan fingerprint density at radius 3 is 2.28 bits per heavy atom. The maximum absolute atomic E-state index is 12.7. The van der Waals surface area contributed by atoms with E-state index in [-0.39, 0.29) is 17.3 Å². The number of rotatable bonds is 8. The number of para-hydroxylation sites is 1. The van der Waals surface area contributed by atoms with Crippen molar-refractivity contribution in [1.29, 1.82) is 0 Å². The van der Waals surface area contributed by atoms with Crippen LogP contribution in [0.15, 0.2) is 102 Å². The van der Waals surface area contributed by atoms with Gasteiger partial charge >= 0.3 is 0 Å². The topological polar surface area (TPSA) is 103 Å². The number of thioether (sulfide) groups is 1. The smallest absolute Gasteiger partial charge is 0.269 e. The van der Waals surface area contributed by atoms with E-state index in [0.717, 1.165) is 22.5 Å². The molecule has 2 aromatic heterocycles. The van der Waals surface area contributed by atoms with E-state index in [1.54, 1.807) is 17.5 Å². The number of nitro groups is 1. The highest BCUT2D eigenvalue weighted by Gasteiger charge is 2.15. The van der Waals surface area contributed by atoms with Crippen molar-refractivity contribution in [2.75, 3.05) is 11.1 Å². The monoisotopic (exact) mass is 513 g/mol. The molecule has 0 atom stereocenters. The van der Waals surface area contributed by atoms with Gasteiger partial charge in [-0.25, -0.2) is 9.97 Å². The fourth-order valence-electron chi connectivity index (χ4n) is 3.49. The second kappa shape index (κ2) is 10.5. The summed E-state index contributed by atoms with van der Waals surface area (Å²) in [7, 11) is 0. The first-order chi connectivity index (χ1) is 17.6. The number of nitro benzene ring substituents is 1. The Balaban J connectivity index is 1.28. The first-order valence-corrected chi connectivity index (χ1v) is 12.8. The number of hydrogen-bond acceptors (Lipinski definition) is 7. The van der Waals surface area contributed by atoms with E-state index in [1.165, 1.54) is 35.2 Å². The summed E-state index contributed by atoms with van der Waals surface area (Å²) in [5.41, 5.74) is 4.19. The maximum Gasteiger partial charge on any atom is 0.269 e. The van der Waals surface area contributed by atoms with E-state index >= 15 is 0 Å². The molecule has 5 rings (SSSR count). The van der Waals surface area contributed by atoms with Gasteiger partial charge in [-0.2, -0.15) is 0 Å². The number of benzene rings is 3. The van der Waals surface area contributed by atoms with E-state index in [9.17, 15) is 14.9 Å². The summed E-state index contributed by atoms with van der Waals surface area (Å²) in [5.74, 6) is -0.0432. The van der Waals surface area contributed by atoms with Crippen molar-refractivity contribution in [3.8, 4) is 28.2 Å². The van der Waals surface area contributed by atoms with Crippen LogP contribution in [0.2, 0.25) is 0 Å². The average molecular weight is 514 g/mol. The van der Waals surface area contributed by atoms with Crippen molar-refractivity contribution >= 4 is 39.8 Å². The van der Waals surface area contributed by atoms with Gasteiger partial charge in [-0.1, -0.05) is 60.3 Å². The van der Waals surface area contributed by atoms with Crippen LogP contribution in [0.25, 0.3) is 28.2 Å². The van der Waals surface area contributed by atoms with Crippen molar-refractivity contribution in [2.24, 2.45) is 0 Å². The third kappa shape index (κ3) is 5.35. The van der Waals surface area contributed by atoms with Crippen molar-refractivity contribution in [3.05, 3.63) is 107 Å². The molecule has 1 N–H and O–H groups in total. The molecule has 0 aliphatic heterocycles. The number of thiazole rings is 1. The van der Waals surface area contributed by atoms with Gasteiger partial charge in [0.25, 0.3) is 5.69 Å². The lowest BCUT2D eigenvalue weighted by atomic mass is 10.1. The van der Waals surface area contributed by atoms with Gasteiger partial charge in [0.05, 0.1) is 22.1 Å². The molecule has 0 fully saturated rings. The van der Waals surface area contributed by atoms with E-state index < -0.39 is 4.92 Å². The molecule has 0 radical (unpaired) electrons. The van der Waals surface area contributed by atoms with Gasteiger partial charge in [0.1, 0.15) is 0 Å². The summed E-state index contributed by atoms with van der Waals surface area (Å²) in [6, 6.07) is 25.9. The fourth-order valence-corrected chi connectivity index (χ4v) is 5.02. The van der Waals surface area contributed by atoms with Crippen LogP contribution in [0, 0.1) is 10.1 Å². The largest absolute Gasteiger partial charge is 0.301 e. The minimum absolute atomic E-state index is 0.0174. The summed E-state index contributed by atoms with van der Waals surface area (Å²) >= 11 is 2.64. The number of anilines is 1. The number of non-ortho nitro benzene ring substituents is 1. The van der Waals surface area contributed by atoms with E-state index in [2.05, 4.69) is 10.3 Å². The van der Waals surface area contributed by atoms with Crippen molar-refractivity contribution in [2.45, 2.75) is 5.16 Å². The minimum atomic E-state index is -0.444. The Morgan fingerprint density at radius 1 is 0.917 bits per heavy atom. The van der Waals surface area contributed by atoms with Gasteiger partial charge in [-0.05, 0) is 24.3 Å². The molecule has 178 valence electrons. The molecule has 0 aliphatic rings. The number of aromatic nitrogens is 3. The van der Waals surface area contributed by atoms with Crippen molar-refractivity contribution < 1.29 is 9.72 Å². The van der Waals surface area contributed by atoms with Crippen LogP contribution in [-0.4, -0.2) is 31.1 Å². The molecule has 0 aliphatic carbocycles. The third-order valence-corrected chi connectivity index (χ3v) is 6.94. The van der Waals surface area contributed by atoms with Crippen LogP contribution < -0.4 is 5.32 Å². The summed E-state index contributed by atoms with van der Waals surface area (Å²) in [5, 5.41) is 16.7. The zero-order chi connectivity index (χ0) is 24.9. The molecule has 1 amide bonds. The predicted octanol–water partition coefficient (Wildman–Crippen LogP) is 6.30. The molecule has 8 nitrogen and oxygen atoms in total. The van der Waals surface area contributed by atoms with Gasteiger partial charge in [0.15, 0.2) is 10.3 Å². The number of carbonyl (C=O) groups is 1. The Bertz CT molecular complexity index is 1500.